The SMILES string of the molecule is COc1cccnc1C(=O)C1CN(C(C)C)CCO1. The zero-order chi connectivity index (χ0) is 13.8. The lowest BCUT2D eigenvalue weighted by Crippen LogP contribution is -2.48. The number of aromatic nitrogens is 1. The highest BCUT2D eigenvalue weighted by Gasteiger charge is 2.30. The molecule has 5 heteroatoms. The van der Waals surface area contributed by atoms with Gasteiger partial charge in [0.2, 0.25) is 5.78 Å². The standard InChI is InChI=1S/C14H20N2O3/c1-10(2)16-7-8-19-12(9-16)14(17)13-11(18-3)5-4-6-15-13/h4-6,10,12H,7-9H2,1-3H3. The van der Waals surface area contributed by atoms with Gasteiger partial charge < -0.3 is 9.47 Å². The van der Waals surface area contributed by atoms with Gasteiger partial charge in [0.05, 0.1) is 13.7 Å². The van der Waals surface area contributed by atoms with Crippen molar-refractivity contribution in [1.29, 1.82) is 0 Å². The number of nitrogens with zero attached hydrogens (tertiary/aromatic N) is 2. The fourth-order valence-electron chi connectivity index (χ4n) is 2.19. The summed E-state index contributed by atoms with van der Waals surface area (Å²) in [6, 6.07) is 3.89. The molecule has 1 aliphatic rings. The van der Waals surface area contributed by atoms with Crippen molar-refractivity contribution in [3.8, 4) is 5.75 Å². The topological polar surface area (TPSA) is 51.7 Å². The van der Waals surface area contributed by atoms with Crippen molar-refractivity contribution in [2.75, 3.05) is 26.8 Å². The number of Topliss-reactive ketones (excluding diaryl/α,β-unsaturated/α-hetero) is 1. The minimum Gasteiger partial charge on any atom is -0.494 e. The first kappa shape index (κ1) is 14.0. The molecular weight excluding hydrogens is 244 g/mol. The van der Waals surface area contributed by atoms with Gasteiger partial charge in [-0.05, 0) is 26.0 Å². The highest BCUT2D eigenvalue weighted by atomic mass is 16.5. The Bertz CT molecular complexity index is 448. The van der Waals surface area contributed by atoms with Gasteiger partial charge in [-0.15, -0.1) is 0 Å². The van der Waals surface area contributed by atoms with E-state index >= 15 is 0 Å². The van der Waals surface area contributed by atoms with Crippen LogP contribution in [-0.2, 0) is 4.74 Å². The van der Waals surface area contributed by atoms with Crippen molar-refractivity contribution >= 4 is 5.78 Å². The Kier molecular flexibility index (Phi) is 4.50. The predicted molar refractivity (Wildman–Crippen MR) is 71.6 cm³/mol. The monoisotopic (exact) mass is 264 g/mol. The molecule has 0 bridgehead atoms. The van der Waals surface area contributed by atoms with Crippen LogP contribution < -0.4 is 4.74 Å². The van der Waals surface area contributed by atoms with Crippen molar-refractivity contribution in [3.63, 3.8) is 0 Å². The molecule has 0 aliphatic carbocycles. The number of hydrogen-bond acceptors (Lipinski definition) is 5. The molecule has 0 radical (unpaired) electrons. The third-order valence-corrected chi connectivity index (χ3v) is 3.34. The van der Waals surface area contributed by atoms with Crippen molar-refractivity contribution in [1.82, 2.24) is 9.88 Å². The summed E-state index contributed by atoms with van der Waals surface area (Å²) >= 11 is 0. The third kappa shape index (κ3) is 3.11. The zero-order valence-electron chi connectivity index (χ0n) is 11.6. The summed E-state index contributed by atoms with van der Waals surface area (Å²) in [5.41, 5.74) is 0.348. The average Bonchev–Trinajstić information content (AvgIpc) is 2.46. The molecule has 1 atom stereocenters. The first-order valence-electron chi connectivity index (χ1n) is 6.52. The molecular formula is C14H20N2O3. The second kappa shape index (κ2) is 6.12. The number of pyridine rings is 1. The van der Waals surface area contributed by atoms with E-state index in [0.29, 0.717) is 30.6 Å². The summed E-state index contributed by atoms with van der Waals surface area (Å²) in [5.74, 6) is 0.389. The van der Waals surface area contributed by atoms with Crippen LogP contribution in [-0.4, -0.2) is 54.6 Å². The first-order valence-corrected chi connectivity index (χ1v) is 6.52. The quantitative estimate of drug-likeness (QED) is 0.769. The summed E-state index contributed by atoms with van der Waals surface area (Å²) < 4.78 is 10.8. The molecule has 1 fully saturated rings. The van der Waals surface area contributed by atoms with Gasteiger partial charge in [0.15, 0.2) is 5.69 Å². The Labute approximate surface area is 113 Å². The molecule has 1 unspecified atom stereocenters. The average molecular weight is 264 g/mol. The maximum absolute atomic E-state index is 12.5. The van der Waals surface area contributed by atoms with Gasteiger partial charge in [0.1, 0.15) is 11.9 Å². The zero-order valence-corrected chi connectivity index (χ0v) is 11.6. The summed E-state index contributed by atoms with van der Waals surface area (Å²) in [5, 5.41) is 0. The number of ketones is 1. The van der Waals surface area contributed by atoms with Gasteiger partial charge in [0, 0.05) is 25.3 Å². The number of carbonyl (C=O) groups excluding carboxylic acids is 1. The minimum atomic E-state index is -0.458. The number of hydrogen-bond donors (Lipinski definition) is 0. The largest absolute Gasteiger partial charge is 0.494 e. The van der Waals surface area contributed by atoms with Crippen LogP contribution in [0.4, 0.5) is 0 Å². The van der Waals surface area contributed by atoms with Crippen LogP contribution in [0.1, 0.15) is 24.3 Å². The fraction of sp³-hybridized carbons (Fsp3) is 0.571. The van der Waals surface area contributed by atoms with Crippen molar-refractivity contribution in [2.45, 2.75) is 26.0 Å². The van der Waals surface area contributed by atoms with E-state index in [4.69, 9.17) is 9.47 Å². The molecule has 19 heavy (non-hydrogen) atoms. The maximum atomic E-state index is 12.5. The molecule has 2 rings (SSSR count). The summed E-state index contributed by atoms with van der Waals surface area (Å²) in [6.07, 6.45) is 1.14. The Morgan fingerprint density at radius 2 is 2.37 bits per heavy atom. The van der Waals surface area contributed by atoms with E-state index in [1.807, 2.05) is 0 Å². The second-order valence-electron chi connectivity index (χ2n) is 4.87. The molecule has 104 valence electrons. The molecule has 0 saturated carbocycles. The maximum Gasteiger partial charge on any atom is 0.214 e. The van der Waals surface area contributed by atoms with E-state index in [0.717, 1.165) is 6.54 Å². The van der Waals surface area contributed by atoms with Gasteiger partial charge in [0.25, 0.3) is 0 Å². The third-order valence-electron chi connectivity index (χ3n) is 3.34. The van der Waals surface area contributed by atoms with Gasteiger partial charge >= 0.3 is 0 Å². The first-order chi connectivity index (χ1) is 9.13. The molecule has 0 amide bonds. The Morgan fingerprint density at radius 1 is 1.58 bits per heavy atom. The van der Waals surface area contributed by atoms with Gasteiger partial charge in [-0.25, -0.2) is 4.98 Å². The van der Waals surface area contributed by atoms with Gasteiger partial charge in [-0.1, -0.05) is 0 Å². The highest BCUT2D eigenvalue weighted by Crippen LogP contribution is 2.19. The van der Waals surface area contributed by atoms with Gasteiger partial charge in [-0.2, -0.15) is 0 Å². The Hall–Kier alpha value is -1.46. The summed E-state index contributed by atoms with van der Waals surface area (Å²) in [4.78, 5) is 18.8. The van der Waals surface area contributed by atoms with Crippen molar-refractivity contribution < 1.29 is 14.3 Å². The van der Waals surface area contributed by atoms with Crippen LogP contribution in [0, 0.1) is 0 Å². The van der Waals surface area contributed by atoms with E-state index < -0.39 is 6.10 Å². The number of ether oxygens (including phenoxy) is 2. The van der Waals surface area contributed by atoms with E-state index in [9.17, 15) is 4.79 Å². The van der Waals surface area contributed by atoms with Crippen LogP contribution in [0.5, 0.6) is 5.75 Å². The summed E-state index contributed by atoms with van der Waals surface area (Å²) in [7, 11) is 1.54. The molecule has 0 N–H and O–H groups in total. The van der Waals surface area contributed by atoms with E-state index in [2.05, 4.69) is 23.7 Å². The number of morpholine rings is 1. The minimum absolute atomic E-state index is 0.109. The molecule has 5 nitrogen and oxygen atoms in total. The second-order valence-corrected chi connectivity index (χ2v) is 4.87. The lowest BCUT2D eigenvalue weighted by molar-refractivity contribution is -0.0259. The fourth-order valence-corrected chi connectivity index (χ4v) is 2.19. The molecule has 1 saturated heterocycles. The van der Waals surface area contributed by atoms with Crippen LogP contribution in [0.2, 0.25) is 0 Å². The van der Waals surface area contributed by atoms with Gasteiger partial charge in [-0.3, -0.25) is 9.69 Å². The summed E-state index contributed by atoms with van der Waals surface area (Å²) in [6.45, 7) is 6.28. The molecule has 1 aromatic rings. The molecule has 0 spiro atoms. The number of carbonyl (C=O) groups is 1. The lowest BCUT2D eigenvalue weighted by Gasteiger charge is -2.34. The van der Waals surface area contributed by atoms with Crippen molar-refractivity contribution in [3.05, 3.63) is 24.0 Å². The van der Waals surface area contributed by atoms with Crippen molar-refractivity contribution in [2.24, 2.45) is 0 Å². The van der Waals surface area contributed by atoms with E-state index in [-0.39, 0.29) is 5.78 Å². The number of methoxy groups -OCH3 is 1. The number of rotatable bonds is 4. The van der Waals surface area contributed by atoms with Crippen LogP contribution >= 0.6 is 0 Å². The lowest BCUT2D eigenvalue weighted by atomic mass is 10.1. The van der Waals surface area contributed by atoms with E-state index in [1.165, 1.54) is 7.11 Å². The van der Waals surface area contributed by atoms with Crippen LogP contribution in [0.25, 0.3) is 0 Å². The van der Waals surface area contributed by atoms with E-state index in [1.54, 1.807) is 18.3 Å². The van der Waals surface area contributed by atoms with Crippen LogP contribution in [0.15, 0.2) is 18.3 Å². The normalized spacial score (nSPS) is 20.5. The molecule has 1 aromatic heterocycles. The van der Waals surface area contributed by atoms with Crippen LogP contribution in [0.3, 0.4) is 0 Å². The molecule has 2 heterocycles. The Balaban J connectivity index is 2.15. The predicted octanol–water partition coefficient (Wildman–Crippen LogP) is 1.38. The Morgan fingerprint density at radius 3 is 3.05 bits per heavy atom. The smallest absolute Gasteiger partial charge is 0.214 e. The molecule has 0 aromatic carbocycles. The molecule has 1 aliphatic heterocycles. The highest BCUT2D eigenvalue weighted by molar-refractivity contribution is 6.00.